The maximum absolute atomic E-state index is 13.1. The second-order valence-corrected chi connectivity index (χ2v) is 9.11. The average Bonchev–Trinajstić information content (AvgIpc) is 2.87. The predicted molar refractivity (Wildman–Crippen MR) is 125 cm³/mol. The highest BCUT2D eigenvalue weighted by Gasteiger charge is 2.32. The number of hydrogen-bond acceptors (Lipinski definition) is 7. The molecule has 0 radical (unpaired) electrons. The van der Waals surface area contributed by atoms with Crippen molar-refractivity contribution >= 4 is 23.6 Å². The van der Waals surface area contributed by atoms with Crippen molar-refractivity contribution in [3.63, 3.8) is 0 Å². The van der Waals surface area contributed by atoms with Gasteiger partial charge >= 0.3 is 24.4 Å². The topological polar surface area (TPSA) is 95.5 Å². The minimum Gasteiger partial charge on any atom is -0.454 e. The minimum absolute atomic E-state index is 0.0250. The molecule has 1 aromatic heterocycles. The van der Waals surface area contributed by atoms with Gasteiger partial charge in [-0.1, -0.05) is 25.3 Å². The van der Waals surface area contributed by atoms with E-state index in [1.165, 1.54) is 12.1 Å². The number of hydrogen-bond donors (Lipinski definition) is 2. The molecule has 9 nitrogen and oxygen atoms in total. The van der Waals surface area contributed by atoms with Crippen molar-refractivity contribution < 1.29 is 35.9 Å². The van der Waals surface area contributed by atoms with Gasteiger partial charge in [0.1, 0.15) is 0 Å². The van der Waals surface area contributed by atoms with Gasteiger partial charge in [-0.05, 0) is 31.0 Å². The maximum atomic E-state index is 13.1. The Balaban J connectivity index is 1.47. The third kappa shape index (κ3) is 7.74. The first kappa shape index (κ1) is 27.5. The van der Waals surface area contributed by atoms with Crippen molar-refractivity contribution in [2.24, 2.45) is 0 Å². The summed E-state index contributed by atoms with van der Waals surface area (Å²) in [5.74, 6) is -0.317. The quantitative estimate of drug-likeness (QED) is 0.505. The van der Waals surface area contributed by atoms with E-state index in [1.54, 1.807) is 9.80 Å². The number of benzene rings is 1. The van der Waals surface area contributed by atoms with Gasteiger partial charge in [0.05, 0.1) is 5.56 Å². The molecule has 2 heterocycles. The first-order chi connectivity index (χ1) is 18.0. The summed E-state index contributed by atoms with van der Waals surface area (Å²) in [5, 5.41) is 5.63. The SMILES string of the molecule is O=C(NC1CCCCC1)N1CCN(c2nc(Nc3cccc(C(F)(F)F)c3)nc(OCC(F)(F)F)n2)CC1. The van der Waals surface area contributed by atoms with Gasteiger partial charge in [-0.25, -0.2) is 4.79 Å². The molecular weight excluding hydrogens is 520 g/mol. The van der Waals surface area contributed by atoms with Crippen LogP contribution in [0.1, 0.15) is 37.7 Å². The van der Waals surface area contributed by atoms with E-state index >= 15 is 0 Å². The first-order valence-corrected chi connectivity index (χ1v) is 12.2. The third-order valence-corrected chi connectivity index (χ3v) is 6.20. The molecule has 1 saturated heterocycles. The van der Waals surface area contributed by atoms with E-state index in [9.17, 15) is 31.1 Å². The monoisotopic (exact) mass is 547 g/mol. The molecule has 2 fully saturated rings. The van der Waals surface area contributed by atoms with Crippen molar-refractivity contribution in [3.05, 3.63) is 29.8 Å². The Labute approximate surface area is 214 Å². The van der Waals surface area contributed by atoms with E-state index in [0.29, 0.717) is 13.1 Å². The zero-order valence-corrected chi connectivity index (χ0v) is 20.3. The van der Waals surface area contributed by atoms with Gasteiger partial charge in [-0.15, -0.1) is 0 Å². The number of amides is 2. The smallest absolute Gasteiger partial charge is 0.422 e. The number of halogens is 6. The fraction of sp³-hybridized carbons (Fsp3) is 0.565. The lowest BCUT2D eigenvalue weighted by molar-refractivity contribution is -0.154. The summed E-state index contributed by atoms with van der Waals surface area (Å²) in [6, 6.07) is 3.54. The number of carbonyl (C=O) groups is 1. The van der Waals surface area contributed by atoms with Gasteiger partial charge in [0.15, 0.2) is 6.61 Å². The molecule has 2 aromatic rings. The lowest BCUT2D eigenvalue weighted by Crippen LogP contribution is -2.54. The summed E-state index contributed by atoms with van der Waals surface area (Å²) in [6.07, 6.45) is -4.04. The van der Waals surface area contributed by atoms with Gasteiger partial charge in [0.25, 0.3) is 0 Å². The van der Waals surface area contributed by atoms with Crippen molar-refractivity contribution in [2.75, 3.05) is 43.0 Å². The molecule has 1 saturated carbocycles. The number of nitrogens with zero attached hydrogens (tertiary/aromatic N) is 5. The molecule has 38 heavy (non-hydrogen) atoms. The molecule has 0 atom stereocenters. The zero-order chi connectivity index (χ0) is 27.3. The van der Waals surface area contributed by atoms with Gasteiger partial charge in [-0.3, -0.25) is 0 Å². The molecular formula is C23H27F6N7O2. The van der Waals surface area contributed by atoms with E-state index in [-0.39, 0.29) is 42.7 Å². The van der Waals surface area contributed by atoms with Crippen LogP contribution >= 0.6 is 0 Å². The highest BCUT2D eigenvalue weighted by Crippen LogP contribution is 2.31. The second-order valence-electron chi connectivity index (χ2n) is 9.11. The highest BCUT2D eigenvalue weighted by atomic mass is 19.4. The summed E-state index contributed by atoms with van der Waals surface area (Å²) in [6.45, 7) is -0.457. The van der Waals surface area contributed by atoms with Crippen molar-refractivity contribution in [1.29, 1.82) is 0 Å². The zero-order valence-electron chi connectivity index (χ0n) is 20.3. The van der Waals surface area contributed by atoms with Gasteiger partial charge in [0.2, 0.25) is 11.9 Å². The molecule has 1 aromatic carbocycles. The standard InChI is InChI=1S/C23H27F6N7O2/c24-22(25,26)14-38-20-33-18(30-17-8-4-5-15(13-17)23(27,28)29)32-19(34-20)35-9-11-36(12-10-35)21(37)31-16-6-2-1-3-7-16/h4-5,8,13,16H,1-3,6-7,9-12,14H2,(H,31,37)(H,30,32,33,34). The van der Waals surface area contributed by atoms with Crippen LogP contribution in [0.25, 0.3) is 0 Å². The average molecular weight is 548 g/mol. The van der Waals surface area contributed by atoms with Crippen LogP contribution in [0.15, 0.2) is 24.3 Å². The van der Waals surface area contributed by atoms with Crippen LogP contribution < -0.4 is 20.3 Å². The number of urea groups is 1. The van der Waals surface area contributed by atoms with Crippen molar-refractivity contribution in [3.8, 4) is 6.01 Å². The number of piperazine rings is 1. The number of carbonyl (C=O) groups excluding carboxylic acids is 1. The number of anilines is 3. The summed E-state index contributed by atoms with van der Waals surface area (Å²) < 4.78 is 82.1. The van der Waals surface area contributed by atoms with E-state index in [1.807, 2.05) is 0 Å². The Morgan fingerprint density at radius 3 is 2.34 bits per heavy atom. The predicted octanol–water partition coefficient (Wildman–Crippen LogP) is 4.74. The number of aromatic nitrogens is 3. The molecule has 0 bridgehead atoms. The number of ether oxygens (including phenoxy) is 1. The molecule has 0 unspecified atom stereocenters. The Morgan fingerprint density at radius 2 is 1.68 bits per heavy atom. The van der Waals surface area contributed by atoms with Crippen molar-refractivity contribution in [1.82, 2.24) is 25.2 Å². The lowest BCUT2D eigenvalue weighted by atomic mass is 9.96. The molecule has 2 N–H and O–H groups in total. The third-order valence-electron chi connectivity index (χ3n) is 6.20. The lowest BCUT2D eigenvalue weighted by Gasteiger charge is -2.36. The van der Waals surface area contributed by atoms with Gasteiger partial charge in [0, 0.05) is 37.9 Å². The largest absolute Gasteiger partial charge is 0.454 e. The van der Waals surface area contributed by atoms with Crippen LogP contribution in [-0.2, 0) is 6.18 Å². The van der Waals surface area contributed by atoms with E-state index in [2.05, 4.69) is 25.6 Å². The van der Waals surface area contributed by atoms with E-state index < -0.39 is 30.5 Å². The highest BCUT2D eigenvalue weighted by molar-refractivity contribution is 5.75. The molecule has 0 spiro atoms. The van der Waals surface area contributed by atoms with Crippen LogP contribution in [0.4, 0.5) is 48.7 Å². The van der Waals surface area contributed by atoms with E-state index in [0.717, 1.165) is 44.2 Å². The van der Waals surface area contributed by atoms with Crippen LogP contribution in [0.5, 0.6) is 6.01 Å². The minimum atomic E-state index is -4.65. The number of rotatable bonds is 6. The van der Waals surface area contributed by atoms with E-state index in [4.69, 9.17) is 4.74 Å². The second kappa shape index (κ2) is 11.5. The van der Waals surface area contributed by atoms with Crippen LogP contribution in [0.3, 0.4) is 0 Å². The summed E-state index contributed by atoms with van der Waals surface area (Å²) in [4.78, 5) is 27.9. The fourth-order valence-corrected chi connectivity index (χ4v) is 4.28. The molecule has 15 heteroatoms. The molecule has 4 rings (SSSR count). The van der Waals surface area contributed by atoms with Crippen LogP contribution in [0, 0.1) is 0 Å². The summed E-state index contributed by atoms with van der Waals surface area (Å²) in [5.41, 5.74) is -0.948. The van der Waals surface area contributed by atoms with Crippen LogP contribution in [-0.4, -0.2) is 70.9 Å². The molecule has 2 aliphatic rings. The molecule has 208 valence electrons. The van der Waals surface area contributed by atoms with Crippen molar-refractivity contribution in [2.45, 2.75) is 50.5 Å². The normalized spacial score (nSPS) is 17.3. The number of alkyl halides is 6. The Bertz CT molecular complexity index is 1100. The molecule has 2 amide bonds. The Hall–Kier alpha value is -3.52. The fourth-order valence-electron chi connectivity index (χ4n) is 4.28. The molecule has 1 aliphatic carbocycles. The number of nitrogens with one attached hydrogen (secondary N) is 2. The summed E-state index contributed by atoms with van der Waals surface area (Å²) in [7, 11) is 0. The Kier molecular flexibility index (Phi) is 8.31. The maximum Gasteiger partial charge on any atom is 0.422 e. The van der Waals surface area contributed by atoms with Crippen LogP contribution in [0.2, 0.25) is 0 Å². The first-order valence-electron chi connectivity index (χ1n) is 12.2. The Morgan fingerprint density at radius 1 is 0.974 bits per heavy atom. The van der Waals surface area contributed by atoms with Gasteiger partial charge < -0.3 is 25.2 Å². The van der Waals surface area contributed by atoms with Gasteiger partial charge in [-0.2, -0.15) is 41.3 Å². The summed E-state index contributed by atoms with van der Waals surface area (Å²) >= 11 is 0. The molecule has 1 aliphatic heterocycles.